The first-order valence-electron chi connectivity index (χ1n) is 13.4. The predicted octanol–water partition coefficient (Wildman–Crippen LogP) is 6.48. The minimum absolute atomic E-state index is 0.0818. The molecule has 0 saturated heterocycles. The smallest absolute Gasteiger partial charge is 0.338 e. The normalized spacial score (nSPS) is 14.8. The van der Waals surface area contributed by atoms with Crippen LogP contribution in [0, 0.1) is 5.82 Å². The van der Waals surface area contributed by atoms with E-state index >= 15 is 0 Å². The quantitative estimate of drug-likeness (QED) is 0.177. The molecular formula is C33H24BrFN2O4S2. The fraction of sp³-hybridized carbons (Fsp3) is 0.121. The number of thiazole rings is 1. The number of carbonyl (C=O) groups excluding carboxylic acids is 1. The second kappa shape index (κ2) is 12.6. The molecule has 1 atom stereocenters. The second-order valence-corrected chi connectivity index (χ2v) is 12.4. The molecule has 216 valence electrons. The highest BCUT2D eigenvalue weighted by molar-refractivity contribution is 9.10. The Hall–Kier alpha value is -4.12. The highest BCUT2D eigenvalue weighted by Gasteiger charge is 2.35. The molecule has 0 bridgehead atoms. The van der Waals surface area contributed by atoms with Crippen LogP contribution in [0.25, 0.3) is 11.8 Å². The van der Waals surface area contributed by atoms with Gasteiger partial charge >= 0.3 is 5.97 Å². The summed E-state index contributed by atoms with van der Waals surface area (Å²) in [4.78, 5) is 33.6. The monoisotopic (exact) mass is 674 g/mol. The number of halogens is 2. The van der Waals surface area contributed by atoms with Gasteiger partial charge in [-0.3, -0.25) is 9.36 Å². The van der Waals surface area contributed by atoms with Crippen molar-refractivity contribution in [2.45, 2.75) is 19.6 Å². The zero-order valence-electron chi connectivity index (χ0n) is 22.8. The summed E-state index contributed by atoms with van der Waals surface area (Å²) in [6, 6.07) is 24.5. The van der Waals surface area contributed by atoms with Gasteiger partial charge in [0.1, 0.15) is 24.2 Å². The van der Waals surface area contributed by atoms with Crippen molar-refractivity contribution in [3.05, 3.63) is 147 Å². The Balaban J connectivity index is 1.43. The van der Waals surface area contributed by atoms with Gasteiger partial charge in [-0.25, -0.2) is 14.2 Å². The van der Waals surface area contributed by atoms with Crippen molar-refractivity contribution in [2.24, 2.45) is 4.99 Å². The Morgan fingerprint density at radius 3 is 2.58 bits per heavy atom. The topological polar surface area (TPSA) is 69.9 Å². The van der Waals surface area contributed by atoms with Crippen LogP contribution in [-0.4, -0.2) is 17.1 Å². The van der Waals surface area contributed by atoms with Crippen LogP contribution >= 0.6 is 38.6 Å². The summed E-state index contributed by atoms with van der Waals surface area (Å²) in [6.45, 7) is 2.03. The summed E-state index contributed by atoms with van der Waals surface area (Å²) < 4.78 is 28.1. The zero-order chi connectivity index (χ0) is 29.9. The molecule has 0 fully saturated rings. The number of thiophene rings is 1. The molecule has 43 heavy (non-hydrogen) atoms. The van der Waals surface area contributed by atoms with Crippen molar-refractivity contribution >= 4 is 56.3 Å². The van der Waals surface area contributed by atoms with Crippen LogP contribution in [-0.2, 0) is 16.1 Å². The minimum atomic E-state index is -0.687. The van der Waals surface area contributed by atoms with Crippen LogP contribution in [0.3, 0.4) is 0 Å². The summed E-state index contributed by atoms with van der Waals surface area (Å²) >= 11 is 6.27. The number of carbonyl (C=O) groups is 1. The number of ether oxygens (including phenoxy) is 2. The van der Waals surface area contributed by atoms with E-state index in [0.717, 1.165) is 16.0 Å². The SMILES string of the molecule is CCOC(=O)C1=C(c2ccccc2)N=c2s/c(=C\c3ccc(OCc4ccccc4F)c(Br)c3)c(=O)n2[C@@H]1c1cccs1. The fourth-order valence-corrected chi connectivity index (χ4v) is 7.14. The molecule has 6 nitrogen and oxygen atoms in total. The van der Waals surface area contributed by atoms with E-state index in [9.17, 15) is 14.0 Å². The van der Waals surface area contributed by atoms with Crippen LogP contribution in [0.4, 0.5) is 4.39 Å². The molecule has 0 spiro atoms. The van der Waals surface area contributed by atoms with Gasteiger partial charge in [-0.05, 0) is 64.1 Å². The Kier molecular flexibility index (Phi) is 8.51. The highest BCUT2D eigenvalue weighted by Crippen LogP contribution is 2.37. The molecule has 2 aromatic heterocycles. The molecule has 0 N–H and O–H groups in total. The van der Waals surface area contributed by atoms with Gasteiger partial charge in [0.05, 0.1) is 26.9 Å². The molecule has 0 unspecified atom stereocenters. The van der Waals surface area contributed by atoms with Gasteiger partial charge < -0.3 is 9.47 Å². The molecule has 3 aromatic carbocycles. The highest BCUT2D eigenvalue weighted by atomic mass is 79.9. The number of aromatic nitrogens is 1. The largest absolute Gasteiger partial charge is 0.488 e. The van der Waals surface area contributed by atoms with Gasteiger partial charge in [0.15, 0.2) is 4.80 Å². The lowest BCUT2D eigenvalue weighted by molar-refractivity contribution is -0.138. The average Bonchev–Trinajstić information content (AvgIpc) is 3.65. The van der Waals surface area contributed by atoms with Crippen molar-refractivity contribution in [3.8, 4) is 5.75 Å². The Morgan fingerprint density at radius 2 is 1.86 bits per heavy atom. The van der Waals surface area contributed by atoms with Gasteiger partial charge in [0.25, 0.3) is 5.56 Å². The van der Waals surface area contributed by atoms with Crippen LogP contribution in [0.15, 0.2) is 110 Å². The van der Waals surface area contributed by atoms with E-state index in [1.165, 1.54) is 28.7 Å². The third-order valence-electron chi connectivity index (χ3n) is 6.78. The first kappa shape index (κ1) is 29.0. The second-order valence-electron chi connectivity index (χ2n) is 9.52. The van der Waals surface area contributed by atoms with Gasteiger partial charge in [0, 0.05) is 16.0 Å². The third-order valence-corrected chi connectivity index (χ3v) is 9.31. The molecule has 10 heteroatoms. The molecular weight excluding hydrogens is 651 g/mol. The summed E-state index contributed by atoms with van der Waals surface area (Å²) in [5, 5.41) is 1.92. The van der Waals surface area contributed by atoms with Crippen molar-refractivity contribution in [3.63, 3.8) is 0 Å². The van der Waals surface area contributed by atoms with Gasteiger partial charge in [-0.1, -0.05) is 72.0 Å². The maximum absolute atomic E-state index is 14.0. The average molecular weight is 676 g/mol. The molecule has 0 aliphatic carbocycles. The van der Waals surface area contributed by atoms with E-state index in [4.69, 9.17) is 14.5 Å². The number of fused-ring (bicyclic) bond motifs is 1. The summed E-state index contributed by atoms with van der Waals surface area (Å²) in [7, 11) is 0. The number of hydrogen-bond acceptors (Lipinski definition) is 7. The van der Waals surface area contributed by atoms with Crippen LogP contribution < -0.4 is 19.6 Å². The zero-order valence-corrected chi connectivity index (χ0v) is 26.0. The molecule has 0 amide bonds. The van der Waals surface area contributed by atoms with E-state index in [1.807, 2.05) is 60.0 Å². The number of nitrogens with zero attached hydrogens (tertiary/aromatic N) is 2. The Morgan fingerprint density at radius 1 is 1.07 bits per heavy atom. The number of hydrogen-bond donors (Lipinski definition) is 0. The number of benzene rings is 3. The third kappa shape index (κ3) is 5.90. The Labute approximate surface area is 262 Å². The predicted molar refractivity (Wildman–Crippen MR) is 170 cm³/mol. The van der Waals surface area contributed by atoms with E-state index in [0.29, 0.717) is 36.4 Å². The molecule has 3 heterocycles. The van der Waals surface area contributed by atoms with Gasteiger partial charge in [0.2, 0.25) is 0 Å². The van der Waals surface area contributed by atoms with E-state index < -0.39 is 12.0 Å². The van der Waals surface area contributed by atoms with E-state index in [2.05, 4.69) is 15.9 Å². The van der Waals surface area contributed by atoms with Crippen molar-refractivity contribution in [2.75, 3.05) is 6.61 Å². The van der Waals surface area contributed by atoms with E-state index in [1.54, 1.807) is 41.8 Å². The van der Waals surface area contributed by atoms with Crippen molar-refractivity contribution in [1.29, 1.82) is 0 Å². The summed E-state index contributed by atoms with van der Waals surface area (Å²) in [6.07, 6.45) is 1.79. The summed E-state index contributed by atoms with van der Waals surface area (Å²) in [5.41, 5.74) is 2.54. The Bertz CT molecular complexity index is 2020. The maximum atomic E-state index is 14.0. The lowest BCUT2D eigenvalue weighted by Crippen LogP contribution is -2.39. The first-order valence-corrected chi connectivity index (χ1v) is 15.9. The maximum Gasteiger partial charge on any atom is 0.338 e. The van der Waals surface area contributed by atoms with E-state index in [-0.39, 0.29) is 24.6 Å². The number of esters is 1. The standard InChI is InChI=1S/C33H24BrFN2O4S2/c1-2-40-32(39)28-29(21-9-4-3-5-10-21)36-33-37(30(28)26-13-8-16-42-26)31(38)27(43-33)18-20-14-15-25(23(34)17-20)41-19-22-11-6-7-12-24(22)35/h3-18,30H,2,19H2,1H3/b27-18-/t30-/m1/s1. The molecule has 0 saturated carbocycles. The van der Waals surface area contributed by atoms with Crippen LogP contribution in [0.2, 0.25) is 0 Å². The van der Waals surface area contributed by atoms with Crippen molar-refractivity contribution in [1.82, 2.24) is 4.57 Å². The molecule has 1 aliphatic heterocycles. The minimum Gasteiger partial charge on any atom is -0.488 e. The van der Waals surface area contributed by atoms with Crippen LogP contribution in [0.1, 0.15) is 34.5 Å². The fourth-order valence-electron chi connectivity index (χ4n) is 4.80. The molecule has 0 radical (unpaired) electrons. The first-order chi connectivity index (χ1) is 20.9. The number of rotatable bonds is 8. The van der Waals surface area contributed by atoms with Crippen LogP contribution in [0.5, 0.6) is 5.75 Å². The lowest BCUT2D eigenvalue weighted by atomic mass is 9.97. The molecule has 1 aliphatic rings. The summed E-state index contributed by atoms with van der Waals surface area (Å²) in [5.74, 6) is -0.285. The molecule has 6 rings (SSSR count). The van der Waals surface area contributed by atoms with Gasteiger partial charge in [-0.2, -0.15) is 0 Å². The lowest BCUT2D eigenvalue weighted by Gasteiger charge is -2.24. The van der Waals surface area contributed by atoms with Crippen molar-refractivity contribution < 1.29 is 18.7 Å². The van der Waals surface area contributed by atoms with Gasteiger partial charge in [-0.15, -0.1) is 11.3 Å². The molecule has 5 aromatic rings.